The van der Waals surface area contributed by atoms with Gasteiger partial charge in [-0.05, 0) is 54.7 Å². The van der Waals surface area contributed by atoms with Gasteiger partial charge in [0.25, 0.3) is 0 Å². The van der Waals surface area contributed by atoms with Crippen LogP contribution in [-0.2, 0) is 10.2 Å². The van der Waals surface area contributed by atoms with E-state index in [2.05, 4.69) is 36.9 Å². The lowest BCUT2D eigenvalue weighted by atomic mass is 9.67. The molecule has 1 unspecified atom stereocenters. The molecule has 0 spiro atoms. The van der Waals surface area contributed by atoms with Crippen molar-refractivity contribution in [3.05, 3.63) is 48.0 Å². The van der Waals surface area contributed by atoms with Gasteiger partial charge in [-0.3, -0.25) is 4.79 Å². The number of carboxylic acid groups (broad SMARTS) is 1. The van der Waals surface area contributed by atoms with Crippen LogP contribution in [-0.4, -0.2) is 35.6 Å². The van der Waals surface area contributed by atoms with Crippen LogP contribution in [0, 0.1) is 5.92 Å². The van der Waals surface area contributed by atoms with E-state index in [1.54, 1.807) is 0 Å². The van der Waals surface area contributed by atoms with Gasteiger partial charge in [-0.1, -0.05) is 70.2 Å². The van der Waals surface area contributed by atoms with Crippen molar-refractivity contribution in [1.82, 2.24) is 4.90 Å². The molecule has 0 aliphatic heterocycles. The fourth-order valence-electron chi connectivity index (χ4n) is 3.94. The Hall–Kier alpha value is -1.87. The van der Waals surface area contributed by atoms with Crippen molar-refractivity contribution in [3.63, 3.8) is 0 Å². The van der Waals surface area contributed by atoms with E-state index in [9.17, 15) is 9.90 Å². The molecule has 136 valence electrons. The first-order chi connectivity index (χ1) is 12.0. The number of hydrogen-bond acceptors (Lipinski definition) is 2. The number of benzene rings is 2. The predicted octanol–water partition coefficient (Wildman–Crippen LogP) is 4.94. The molecular weight excluding hydrogens is 310 g/mol. The maximum absolute atomic E-state index is 12.5. The molecule has 0 saturated heterocycles. The normalized spacial score (nSPS) is 14.2. The molecule has 0 radical (unpaired) electrons. The summed E-state index contributed by atoms with van der Waals surface area (Å²) < 4.78 is 0. The summed E-state index contributed by atoms with van der Waals surface area (Å²) in [6, 6.07) is 14.2. The minimum atomic E-state index is -0.853. The molecule has 0 fully saturated rings. The van der Waals surface area contributed by atoms with Gasteiger partial charge in [0.2, 0.25) is 0 Å². The zero-order valence-electron chi connectivity index (χ0n) is 16.0. The molecule has 0 aliphatic carbocycles. The number of hydrogen-bond donors (Lipinski definition) is 1. The summed E-state index contributed by atoms with van der Waals surface area (Å²) in [7, 11) is 0. The van der Waals surface area contributed by atoms with Gasteiger partial charge in [0.05, 0.1) is 5.41 Å². The second-order valence-corrected chi connectivity index (χ2v) is 7.09. The van der Waals surface area contributed by atoms with Gasteiger partial charge in [-0.2, -0.15) is 0 Å². The van der Waals surface area contributed by atoms with Gasteiger partial charge in [0, 0.05) is 0 Å². The molecule has 0 aliphatic rings. The Morgan fingerprint density at radius 2 is 1.72 bits per heavy atom. The van der Waals surface area contributed by atoms with Gasteiger partial charge in [0.15, 0.2) is 0 Å². The van der Waals surface area contributed by atoms with Gasteiger partial charge in [0.1, 0.15) is 0 Å². The van der Waals surface area contributed by atoms with Crippen LogP contribution in [0.2, 0.25) is 0 Å². The van der Waals surface area contributed by atoms with Crippen molar-refractivity contribution in [3.8, 4) is 0 Å². The molecule has 2 rings (SSSR count). The summed E-state index contributed by atoms with van der Waals surface area (Å²) in [5, 5.41) is 12.4. The van der Waals surface area contributed by atoms with Gasteiger partial charge >= 0.3 is 5.97 Å². The topological polar surface area (TPSA) is 40.5 Å². The number of fused-ring (bicyclic) bond motifs is 1. The second kappa shape index (κ2) is 8.48. The van der Waals surface area contributed by atoms with E-state index >= 15 is 0 Å². The van der Waals surface area contributed by atoms with Crippen molar-refractivity contribution in [2.75, 3.05) is 19.6 Å². The van der Waals surface area contributed by atoms with Crippen molar-refractivity contribution in [2.45, 2.75) is 46.0 Å². The van der Waals surface area contributed by atoms with E-state index in [1.807, 2.05) is 38.1 Å². The molecular formula is C22H31NO2. The van der Waals surface area contributed by atoms with Crippen molar-refractivity contribution >= 4 is 16.7 Å². The van der Waals surface area contributed by atoms with E-state index < -0.39 is 11.4 Å². The van der Waals surface area contributed by atoms with E-state index in [0.717, 1.165) is 42.4 Å². The SMILES string of the molecule is CCN(CC)CCCC(C(=O)O)(c1cccc2ccccc12)C(C)C. The molecule has 1 atom stereocenters. The fourth-order valence-corrected chi connectivity index (χ4v) is 3.94. The smallest absolute Gasteiger partial charge is 0.314 e. The molecule has 0 saturated carbocycles. The van der Waals surface area contributed by atoms with Gasteiger partial charge < -0.3 is 10.0 Å². The van der Waals surface area contributed by atoms with E-state index in [4.69, 9.17) is 0 Å². The summed E-state index contributed by atoms with van der Waals surface area (Å²) in [4.78, 5) is 14.9. The summed E-state index contributed by atoms with van der Waals surface area (Å²) in [6.07, 6.45) is 1.54. The highest BCUT2D eigenvalue weighted by Crippen LogP contribution is 2.41. The maximum Gasteiger partial charge on any atom is 0.314 e. The molecule has 0 amide bonds. The highest BCUT2D eigenvalue weighted by Gasteiger charge is 2.43. The van der Waals surface area contributed by atoms with Crippen LogP contribution in [0.25, 0.3) is 10.8 Å². The van der Waals surface area contributed by atoms with Crippen molar-refractivity contribution < 1.29 is 9.90 Å². The minimum absolute atomic E-state index is 0.0208. The third kappa shape index (κ3) is 3.87. The minimum Gasteiger partial charge on any atom is -0.481 e. The number of carboxylic acids is 1. The first-order valence-corrected chi connectivity index (χ1v) is 9.41. The molecule has 25 heavy (non-hydrogen) atoms. The van der Waals surface area contributed by atoms with Gasteiger partial charge in [-0.15, -0.1) is 0 Å². The molecule has 3 heteroatoms. The monoisotopic (exact) mass is 341 g/mol. The highest BCUT2D eigenvalue weighted by atomic mass is 16.4. The summed E-state index contributed by atoms with van der Waals surface area (Å²) >= 11 is 0. The summed E-state index contributed by atoms with van der Waals surface area (Å²) in [6.45, 7) is 11.3. The average molecular weight is 341 g/mol. The standard InChI is InChI=1S/C22H31NO2/c1-5-23(6-2)16-10-15-22(17(3)4,21(24)25)20-14-9-12-18-11-7-8-13-19(18)20/h7-9,11-14,17H,5-6,10,15-16H2,1-4H3,(H,24,25). The number of rotatable bonds is 9. The third-order valence-corrected chi connectivity index (χ3v) is 5.58. The Morgan fingerprint density at radius 3 is 2.32 bits per heavy atom. The zero-order chi connectivity index (χ0) is 18.4. The van der Waals surface area contributed by atoms with E-state index in [1.165, 1.54) is 0 Å². The van der Waals surface area contributed by atoms with Crippen LogP contribution in [0.5, 0.6) is 0 Å². The van der Waals surface area contributed by atoms with Crippen LogP contribution in [0.4, 0.5) is 0 Å². The van der Waals surface area contributed by atoms with Crippen molar-refractivity contribution in [1.29, 1.82) is 0 Å². The van der Waals surface area contributed by atoms with Crippen molar-refractivity contribution in [2.24, 2.45) is 5.92 Å². The van der Waals surface area contributed by atoms with Crippen LogP contribution >= 0.6 is 0 Å². The Labute approximate surface area is 151 Å². The Kier molecular flexibility index (Phi) is 6.60. The Morgan fingerprint density at radius 1 is 1.08 bits per heavy atom. The lowest BCUT2D eigenvalue weighted by molar-refractivity contribution is -0.146. The fraction of sp³-hybridized carbons (Fsp3) is 0.500. The Balaban J connectivity index is 2.46. The Bertz CT molecular complexity index is 701. The second-order valence-electron chi connectivity index (χ2n) is 7.09. The first-order valence-electron chi connectivity index (χ1n) is 9.41. The molecule has 2 aromatic carbocycles. The molecule has 0 heterocycles. The predicted molar refractivity (Wildman–Crippen MR) is 105 cm³/mol. The lowest BCUT2D eigenvalue weighted by Gasteiger charge is -2.35. The number of nitrogens with zero attached hydrogens (tertiary/aromatic N) is 1. The third-order valence-electron chi connectivity index (χ3n) is 5.58. The van der Waals surface area contributed by atoms with E-state index in [-0.39, 0.29) is 5.92 Å². The summed E-state index contributed by atoms with van der Waals surface area (Å²) in [5.74, 6) is -0.689. The first kappa shape index (κ1) is 19.5. The number of carbonyl (C=O) groups is 1. The quantitative estimate of drug-likeness (QED) is 0.702. The maximum atomic E-state index is 12.5. The highest BCUT2D eigenvalue weighted by molar-refractivity contribution is 5.93. The van der Waals surface area contributed by atoms with Crippen LogP contribution in [0.1, 0.15) is 46.1 Å². The zero-order valence-corrected chi connectivity index (χ0v) is 16.0. The molecule has 3 nitrogen and oxygen atoms in total. The summed E-state index contributed by atoms with van der Waals surface area (Å²) in [5.41, 5.74) is 0.0984. The van der Waals surface area contributed by atoms with E-state index in [0.29, 0.717) is 6.42 Å². The molecule has 0 bridgehead atoms. The van der Waals surface area contributed by atoms with Crippen LogP contribution < -0.4 is 0 Å². The molecule has 1 N–H and O–H groups in total. The molecule has 0 aromatic heterocycles. The van der Waals surface area contributed by atoms with Gasteiger partial charge in [-0.25, -0.2) is 0 Å². The van der Waals surface area contributed by atoms with Crippen LogP contribution in [0.15, 0.2) is 42.5 Å². The lowest BCUT2D eigenvalue weighted by Crippen LogP contribution is -2.42. The average Bonchev–Trinajstić information content (AvgIpc) is 2.61. The number of aliphatic carboxylic acids is 1. The van der Waals surface area contributed by atoms with Crippen LogP contribution in [0.3, 0.4) is 0 Å². The largest absolute Gasteiger partial charge is 0.481 e. The molecule has 2 aromatic rings.